The Morgan fingerprint density at radius 1 is 1.62 bits per heavy atom. The SMILES string of the molecule is C=CCNc1nnc(SC(C)C(=O)Nc2cc(C)no2)s1. The van der Waals surface area contributed by atoms with Crippen molar-refractivity contribution in [1.82, 2.24) is 15.4 Å². The lowest BCUT2D eigenvalue weighted by Crippen LogP contribution is -2.22. The van der Waals surface area contributed by atoms with Gasteiger partial charge in [0.15, 0.2) is 4.34 Å². The third-order valence-corrected chi connectivity index (χ3v) is 4.39. The van der Waals surface area contributed by atoms with Crippen molar-refractivity contribution in [2.24, 2.45) is 0 Å². The lowest BCUT2D eigenvalue weighted by molar-refractivity contribution is -0.115. The van der Waals surface area contributed by atoms with Gasteiger partial charge >= 0.3 is 0 Å². The Kier molecular flexibility index (Phi) is 5.34. The third-order valence-electron chi connectivity index (χ3n) is 2.33. The number of nitrogens with zero attached hydrogens (tertiary/aromatic N) is 3. The lowest BCUT2D eigenvalue weighted by Gasteiger charge is -2.07. The van der Waals surface area contributed by atoms with Crippen LogP contribution < -0.4 is 10.6 Å². The molecule has 1 atom stereocenters. The summed E-state index contributed by atoms with van der Waals surface area (Å²) in [6.07, 6.45) is 1.74. The van der Waals surface area contributed by atoms with Crippen molar-refractivity contribution in [3.05, 3.63) is 24.4 Å². The molecule has 2 aromatic heterocycles. The van der Waals surface area contributed by atoms with Crippen LogP contribution in [0.2, 0.25) is 0 Å². The van der Waals surface area contributed by atoms with Gasteiger partial charge in [0.25, 0.3) is 0 Å². The van der Waals surface area contributed by atoms with E-state index >= 15 is 0 Å². The van der Waals surface area contributed by atoms with Crippen LogP contribution in [0, 0.1) is 6.92 Å². The van der Waals surface area contributed by atoms with E-state index in [-0.39, 0.29) is 11.2 Å². The average molecular weight is 325 g/mol. The van der Waals surface area contributed by atoms with E-state index in [9.17, 15) is 4.79 Å². The summed E-state index contributed by atoms with van der Waals surface area (Å²) in [6, 6.07) is 1.66. The van der Waals surface area contributed by atoms with Crippen LogP contribution in [0.4, 0.5) is 11.0 Å². The largest absolute Gasteiger partial charge is 0.357 e. The zero-order chi connectivity index (χ0) is 15.2. The van der Waals surface area contributed by atoms with Crippen molar-refractivity contribution in [1.29, 1.82) is 0 Å². The van der Waals surface area contributed by atoms with E-state index in [1.165, 1.54) is 23.1 Å². The number of hydrogen-bond acceptors (Lipinski definition) is 8. The minimum Gasteiger partial charge on any atom is -0.357 e. The highest BCUT2D eigenvalue weighted by Gasteiger charge is 2.18. The number of thioether (sulfide) groups is 1. The molecule has 1 amide bonds. The van der Waals surface area contributed by atoms with E-state index < -0.39 is 0 Å². The van der Waals surface area contributed by atoms with Gasteiger partial charge in [-0.25, -0.2) is 0 Å². The predicted octanol–water partition coefficient (Wildman–Crippen LogP) is 2.55. The molecule has 1 unspecified atom stereocenters. The number of aryl methyl sites for hydroxylation is 1. The molecular weight excluding hydrogens is 310 g/mol. The highest BCUT2D eigenvalue weighted by molar-refractivity contribution is 8.02. The molecule has 2 heterocycles. The Balaban J connectivity index is 1.88. The van der Waals surface area contributed by atoms with E-state index in [4.69, 9.17) is 4.52 Å². The molecule has 0 saturated carbocycles. The van der Waals surface area contributed by atoms with Crippen molar-refractivity contribution in [3.8, 4) is 0 Å². The summed E-state index contributed by atoms with van der Waals surface area (Å²) in [5.41, 5.74) is 0.715. The number of nitrogens with one attached hydrogen (secondary N) is 2. The Hall–Kier alpha value is -1.87. The molecule has 0 fully saturated rings. The monoisotopic (exact) mass is 325 g/mol. The van der Waals surface area contributed by atoms with Crippen molar-refractivity contribution < 1.29 is 9.32 Å². The summed E-state index contributed by atoms with van der Waals surface area (Å²) in [7, 11) is 0. The molecule has 0 aliphatic rings. The minimum atomic E-state index is -0.324. The van der Waals surface area contributed by atoms with Crippen LogP contribution in [0.3, 0.4) is 0 Å². The number of hydrogen-bond donors (Lipinski definition) is 2. The van der Waals surface area contributed by atoms with Crippen LogP contribution in [-0.4, -0.2) is 33.1 Å². The Morgan fingerprint density at radius 3 is 3.10 bits per heavy atom. The number of carbonyl (C=O) groups excluding carboxylic acids is 1. The minimum absolute atomic E-state index is 0.174. The summed E-state index contributed by atoms with van der Waals surface area (Å²) in [5, 5.41) is 17.8. The zero-order valence-corrected chi connectivity index (χ0v) is 13.3. The molecule has 0 bridgehead atoms. The highest BCUT2D eigenvalue weighted by Crippen LogP contribution is 2.29. The molecule has 0 aliphatic heterocycles. The fourth-order valence-electron chi connectivity index (χ4n) is 1.34. The van der Waals surface area contributed by atoms with E-state index in [0.717, 1.165) is 4.34 Å². The number of rotatable bonds is 7. The molecule has 2 rings (SSSR count). The quantitative estimate of drug-likeness (QED) is 0.597. The molecule has 2 aromatic rings. The van der Waals surface area contributed by atoms with Crippen LogP contribution in [0.15, 0.2) is 27.6 Å². The molecule has 7 nitrogen and oxygen atoms in total. The molecule has 112 valence electrons. The number of anilines is 2. The second kappa shape index (κ2) is 7.23. The van der Waals surface area contributed by atoms with Gasteiger partial charge < -0.3 is 9.84 Å². The first kappa shape index (κ1) is 15.5. The van der Waals surface area contributed by atoms with Crippen LogP contribution in [-0.2, 0) is 4.79 Å². The van der Waals surface area contributed by atoms with Gasteiger partial charge in [0, 0.05) is 12.6 Å². The second-order valence-electron chi connectivity index (χ2n) is 4.12. The fourth-order valence-corrected chi connectivity index (χ4v) is 3.24. The first-order valence-electron chi connectivity index (χ1n) is 6.17. The fraction of sp³-hybridized carbons (Fsp3) is 0.333. The van der Waals surface area contributed by atoms with Gasteiger partial charge in [-0.05, 0) is 13.8 Å². The smallest absolute Gasteiger partial charge is 0.240 e. The van der Waals surface area contributed by atoms with E-state index in [2.05, 4.69) is 32.6 Å². The molecule has 0 saturated heterocycles. The first-order chi connectivity index (χ1) is 10.1. The molecule has 21 heavy (non-hydrogen) atoms. The highest BCUT2D eigenvalue weighted by atomic mass is 32.2. The predicted molar refractivity (Wildman–Crippen MR) is 83.8 cm³/mol. The molecule has 9 heteroatoms. The van der Waals surface area contributed by atoms with Gasteiger partial charge in [0.2, 0.25) is 16.9 Å². The summed E-state index contributed by atoms with van der Waals surface area (Å²) >= 11 is 2.73. The molecule has 0 aliphatic carbocycles. The molecular formula is C12H15N5O2S2. The average Bonchev–Trinajstić information content (AvgIpc) is 3.05. The topological polar surface area (TPSA) is 92.9 Å². The van der Waals surface area contributed by atoms with Crippen molar-refractivity contribution in [2.75, 3.05) is 17.2 Å². The summed E-state index contributed by atoms with van der Waals surface area (Å²) in [5.74, 6) is 0.169. The van der Waals surface area contributed by atoms with E-state index in [0.29, 0.717) is 23.3 Å². The van der Waals surface area contributed by atoms with Crippen LogP contribution in [0.1, 0.15) is 12.6 Å². The Morgan fingerprint density at radius 2 is 2.43 bits per heavy atom. The van der Waals surface area contributed by atoms with Gasteiger partial charge in [-0.1, -0.05) is 34.3 Å². The molecule has 0 aromatic carbocycles. The maximum Gasteiger partial charge on any atom is 0.240 e. The standard InChI is InChI=1S/C12H15N5O2S2/c1-4-5-13-11-15-16-12(21-11)20-8(3)10(18)14-9-6-7(2)17-19-9/h4,6,8H,1,5H2,2-3H3,(H,13,15)(H,14,18). The third kappa shape index (κ3) is 4.57. The first-order valence-corrected chi connectivity index (χ1v) is 7.87. The van der Waals surface area contributed by atoms with Crippen molar-refractivity contribution in [3.63, 3.8) is 0 Å². The molecule has 0 spiro atoms. The van der Waals surface area contributed by atoms with Crippen LogP contribution in [0.5, 0.6) is 0 Å². The summed E-state index contributed by atoms with van der Waals surface area (Å²) in [4.78, 5) is 12.0. The molecule has 0 radical (unpaired) electrons. The van der Waals surface area contributed by atoms with Gasteiger partial charge in [-0.15, -0.1) is 16.8 Å². The van der Waals surface area contributed by atoms with Gasteiger partial charge in [0.1, 0.15) is 0 Å². The van der Waals surface area contributed by atoms with E-state index in [1.807, 2.05) is 0 Å². The number of aromatic nitrogens is 3. The summed E-state index contributed by atoms with van der Waals surface area (Å²) < 4.78 is 5.67. The number of amides is 1. The Labute approximate surface area is 130 Å². The van der Waals surface area contributed by atoms with Crippen LogP contribution in [0.25, 0.3) is 0 Å². The van der Waals surface area contributed by atoms with Crippen LogP contribution >= 0.6 is 23.1 Å². The van der Waals surface area contributed by atoms with Gasteiger partial charge in [-0.3, -0.25) is 10.1 Å². The van der Waals surface area contributed by atoms with Crippen molar-refractivity contribution >= 4 is 40.0 Å². The van der Waals surface area contributed by atoms with Gasteiger partial charge in [-0.2, -0.15) is 0 Å². The second-order valence-corrected chi connectivity index (χ2v) is 6.69. The molecule has 2 N–H and O–H groups in total. The van der Waals surface area contributed by atoms with Gasteiger partial charge in [0.05, 0.1) is 10.9 Å². The lowest BCUT2D eigenvalue weighted by atomic mass is 10.4. The van der Waals surface area contributed by atoms with E-state index in [1.54, 1.807) is 26.0 Å². The van der Waals surface area contributed by atoms with Crippen molar-refractivity contribution in [2.45, 2.75) is 23.4 Å². The zero-order valence-electron chi connectivity index (χ0n) is 11.6. The summed E-state index contributed by atoms with van der Waals surface area (Å²) in [6.45, 7) is 7.82. The normalized spacial score (nSPS) is 11.9. The Bertz CT molecular complexity index is 625. The maximum absolute atomic E-state index is 12.0. The number of carbonyl (C=O) groups is 1. The maximum atomic E-state index is 12.0.